The van der Waals surface area contributed by atoms with Crippen LogP contribution in [0.25, 0.3) is 0 Å². The van der Waals surface area contributed by atoms with Crippen LogP contribution < -0.4 is 19.5 Å². The second kappa shape index (κ2) is 6.81. The number of nitrogens with zero attached hydrogens (tertiary/aromatic N) is 1. The fraction of sp³-hybridized carbons (Fsp3) is 0.600. The molecular formula is C15H24N2O3. The summed E-state index contributed by atoms with van der Waals surface area (Å²) in [6.07, 6.45) is 1.19. The summed E-state index contributed by atoms with van der Waals surface area (Å²) in [6, 6.07) is 4.48. The summed E-state index contributed by atoms with van der Waals surface area (Å²) < 4.78 is 16.2. The van der Waals surface area contributed by atoms with Crippen molar-refractivity contribution in [2.45, 2.75) is 19.0 Å². The summed E-state index contributed by atoms with van der Waals surface area (Å²) in [4.78, 5) is 2.34. The van der Waals surface area contributed by atoms with Gasteiger partial charge in [-0.3, -0.25) is 0 Å². The fourth-order valence-electron chi connectivity index (χ4n) is 2.66. The van der Waals surface area contributed by atoms with Crippen molar-refractivity contribution in [3.05, 3.63) is 17.7 Å². The molecule has 5 nitrogen and oxygen atoms in total. The molecule has 1 aliphatic heterocycles. The van der Waals surface area contributed by atoms with E-state index in [-0.39, 0.29) is 0 Å². The van der Waals surface area contributed by atoms with Gasteiger partial charge in [0.05, 0.1) is 21.3 Å². The zero-order chi connectivity index (χ0) is 14.5. The van der Waals surface area contributed by atoms with E-state index in [1.807, 2.05) is 12.1 Å². The lowest BCUT2D eigenvalue weighted by Crippen LogP contribution is -2.31. The van der Waals surface area contributed by atoms with Gasteiger partial charge in [-0.2, -0.15) is 0 Å². The van der Waals surface area contributed by atoms with Crippen molar-refractivity contribution in [1.29, 1.82) is 0 Å². The first-order chi connectivity index (χ1) is 9.69. The first-order valence-electron chi connectivity index (χ1n) is 6.89. The molecule has 1 atom stereocenters. The van der Waals surface area contributed by atoms with Crippen LogP contribution in [0.1, 0.15) is 12.0 Å². The Morgan fingerprint density at radius 3 is 2.45 bits per heavy atom. The van der Waals surface area contributed by atoms with Gasteiger partial charge in [0.2, 0.25) is 5.75 Å². The van der Waals surface area contributed by atoms with E-state index < -0.39 is 0 Å². The normalized spacial score (nSPS) is 19.1. The molecule has 0 radical (unpaired) electrons. The average Bonchev–Trinajstić information content (AvgIpc) is 2.89. The van der Waals surface area contributed by atoms with Crippen LogP contribution in [-0.4, -0.2) is 52.4 Å². The number of benzene rings is 1. The Bertz CT molecular complexity index is 451. The smallest absolute Gasteiger partial charge is 0.203 e. The monoisotopic (exact) mass is 280 g/mol. The maximum atomic E-state index is 5.49. The molecule has 0 spiro atoms. The maximum Gasteiger partial charge on any atom is 0.203 e. The molecule has 1 fully saturated rings. The molecular weight excluding hydrogens is 256 g/mol. The summed E-state index contributed by atoms with van der Waals surface area (Å²) in [5, 5.41) is 3.57. The van der Waals surface area contributed by atoms with Gasteiger partial charge in [-0.25, -0.2) is 0 Å². The van der Waals surface area contributed by atoms with Crippen LogP contribution >= 0.6 is 0 Å². The zero-order valence-electron chi connectivity index (χ0n) is 12.7. The van der Waals surface area contributed by atoms with E-state index in [0.717, 1.165) is 30.9 Å². The van der Waals surface area contributed by atoms with Crippen LogP contribution in [0.15, 0.2) is 12.1 Å². The van der Waals surface area contributed by atoms with E-state index in [9.17, 15) is 0 Å². The minimum absolute atomic E-state index is 0.540. The summed E-state index contributed by atoms with van der Waals surface area (Å²) in [6.45, 7) is 3.01. The molecule has 1 aromatic rings. The van der Waals surface area contributed by atoms with E-state index in [1.165, 1.54) is 6.42 Å². The van der Waals surface area contributed by atoms with Crippen molar-refractivity contribution >= 4 is 0 Å². The van der Waals surface area contributed by atoms with Crippen molar-refractivity contribution in [3.63, 3.8) is 0 Å². The second-order valence-corrected chi connectivity index (χ2v) is 5.12. The highest BCUT2D eigenvalue weighted by Gasteiger charge is 2.20. The molecule has 2 rings (SSSR count). The molecule has 112 valence electrons. The Hall–Kier alpha value is -1.46. The van der Waals surface area contributed by atoms with Crippen molar-refractivity contribution in [3.8, 4) is 17.2 Å². The minimum atomic E-state index is 0.540. The van der Waals surface area contributed by atoms with Crippen molar-refractivity contribution in [2.24, 2.45) is 0 Å². The van der Waals surface area contributed by atoms with Gasteiger partial charge in [0.25, 0.3) is 0 Å². The third-order valence-electron chi connectivity index (χ3n) is 3.76. The number of likely N-dealkylation sites (N-methyl/N-ethyl adjacent to an activating group) is 1. The molecule has 1 aromatic carbocycles. The van der Waals surface area contributed by atoms with Crippen LogP contribution in [0.4, 0.5) is 0 Å². The van der Waals surface area contributed by atoms with Gasteiger partial charge in [-0.1, -0.05) is 6.07 Å². The highest BCUT2D eigenvalue weighted by atomic mass is 16.5. The van der Waals surface area contributed by atoms with Crippen molar-refractivity contribution in [2.75, 3.05) is 41.5 Å². The van der Waals surface area contributed by atoms with Crippen LogP contribution in [0.3, 0.4) is 0 Å². The molecule has 20 heavy (non-hydrogen) atoms. The predicted octanol–water partition coefficient (Wildman–Crippen LogP) is 1.51. The van der Waals surface area contributed by atoms with Crippen LogP contribution in [0, 0.1) is 0 Å². The summed E-state index contributed by atoms with van der Waals surface area (Å²) in [7, 11) is 7.07. The van der Waals surface area contributed by atoms with Gasteiger partial charge in [0.1, 0.15) is 0 Å². The molecule has 5 heteroatoms. The van der Waals surface area contributed by atoms with Crippen LogP contribution in [-0.2, 0) is 6.54 Å². The number of methoxy groups -OCH3 is 3. The minimum Gasteiger partial charge on any atom is -0.493 e. The number of hydrogen-bond donors (Lipinski definition) is 1. The molecule has 1 aliphatic rings. The summed E-state index contributed by atoms with van der Waals surface area (Å²) in [5.74, 6) is 2.08. The van der Waals surface area contributed by atoms with Gasteiger partial charge < -0.3 is 24.4 Å². The first-order valence-corrected chi connectivity index (χ1v) is 6.89. The van der Waals surface area contributed by atoms with Gasteiger partial charge in [0, 0.05) is 24.7 Å². The molecule has 1 unspecified atom stereocenters. The van der Waals surface area contributed by atoms with Crippen molar-refractivity contribution in [1.82, 2.24) is 10.2 Å². The fourth-order valence-corrected chi connectivity index (χ4v) is 2.66. The van der Waals surface area contributed by atoms with E-state index in [0.29, 0.717) is 17.5 Å². The Balaban J connectivity index is 2.10. The number of ether oxygens (including phenoxy) is 3. The quantitative estimate of drug-likeness (QED) is 0.855. The standard InChI is InChI=1S/C15H24N2O3/c1-17-8-7-12(10-17)16-9-11-5-6-13(18-2)15(20-4)14(11)19-3/h5-6,12,16H,7-10H2,1-4H3. The van der Waals surface area contributed by atoms with Crippen molar-refractivity contribution < 1.29 is 14.2 Å². The molecule has 0 aliphatic carbocycles. The molecule has 0 aromatic heterocycles. The lowest BCUT2D eigenvalue weighted by Gasteiger charge is -2.18. The predicted molar refractivity (Wildman–Crippen MR) is 78.8 cm³/mol. The van der Waals surface area contributed by atoms with E-state index in [4.69, 9.17) is 14.2 Å². The average molecular weight is 280 g/mol. The molecule has 0 amide bonds. The summed E-state index contributed by atoms with van der Waals surface area (Å²) in [5.41, 5.74) is 1.08. The Kier molecular flexibility index (Phi) is 5.09. The maximum absolute atomic E-state index is 5.49. The molecule has 0 bridgehead atoms. The number of hydrogen-bond acceptors (Lipinski definition) is 5. The third-order valence-corrected chi connectivity index (χ3v) is 3.76. The van der Waals surface area contributed by atoms with E-state index >= 15 is 0 Å². The van der Waals surface area contributed by atoms with Gasteiger partial charge in [0.15, 0.2) is 11.5 Å². The highest BCUT2D eigenvalue weighted by molar-refractivity contribution is 5.55. The van der Waals surface area contributed by atoms with Crippen LogP contribution in [0.5, 0.6) is 17.2 Å². The third kappa shape index (κ3) is 3.16. The molecule has 0 saturated carbocycles. The number of nitrogens with one attached hydrogen (secondary N) is 1. The number of likely N-dealkylation sites (tertiary alicyclic amines) is 1. The Morgan fingerprint density at radius 2 is 1.90 bits per heavy atom. The van der Waals surface area contributed by atoms with Gasteiger partial charge in [-0.05, 0) is 26.1 Å². The van der Waals surface area contributed by atoms with Gasteiger partial charge in [-0.15, -0.1) is 0 Å². The Morgan fingerprint density at radius 1 is 1.15 bits per heavy atom. The first kappa shape index (κ1) is 14.9. The van der Waals surface area contributed by atoms with Gasteiger partial charge >= 0.3 is 0 Å². The largest absolute Gasteiger partial charge is 0.493 e. The lowest BCUT2D eigenvalue weighted by atomic mass is 10.1. The SMILES string of the molecule is COc1ccc(CNC2CCN(C)C2)c(OC)c1OC. The topological polar surface area (TPSA) is 43.0 Å². The summed E-state index contributed by atoms with van der Waals surface area (Å²) >= 11 is 0. The van der Waals surface area contributed by atoms with Crippen LogP contribution in [0.2, 0.25) is 0 Å². The number of rotatable bonds is 6. The molecule has 1 saturated heterocycles. The van der Waals surface area contributed by atoms with E-state index in [2.05, 4.69) is 17.3 Å². The second-order valence-electron chi connectivity index (χ2n) is 5.12. The molecule has 1 heterocycles. The highest BCUT2D eigenvalue weighted by Crippen LogP contribution is 2.39. The molecule has 1 N–H and O–H groups in total. The van der Waals surface area contributed by atoms with E-state index in [1.54, 1.807) is 21.3 Å². The Labute approximate surface area is 120 Å². The lowest BCUT2D eigenvalue weighted by molar-refractivity contribution is 0.321. The zero-order valence-corrected chi connectivity index (χ0v) is 12.7.